The van der Waals surface area contributed by atoms with Crippen molar-refractivity contribution in [1.29, 1.82) is 0 Å². The first-order valence-corrected chi connectivity index (χ1v) is 12.8. The normalized spacial score (nSPS) is 16.0. The number of fused-ring (bicyclic) bond motifs is 1. The number of carbonyl (C=O) groups is 2. The molecule has 1 fully saturated rings. The summed E-state index contributed by atoms with van der Waals surface area (Å²) in [5.41, 5.74) is 1.22. The zero-order chi connectivity index (χ0) is 26.8. The Morgan fingerprint density at radius 2 is 1.79 bits per heavy atom. The molecule has 3 heterocycles. The van der Waals surface area contributed by atoms with Gasteiger partial charge in [-0.2, -0.15) is 0 Å². The van der Waals surface area contributed by atoms with Crippen molar-refractivity contribution in [2.75, 3.05) is 32.1 Å². The van der Waals surface area contributed by atoms with Crippen molar-refractivity contribution in [2.45, 2.75) is 31.8 Å². The molecule has 0 radical (unpaired) electrons. The third kappa shape index (κ3) is 5.04. The number of nitrogens with one attached hydrogen (secondary N) is 2. The second-order valence-corrected chi connectivity index (χ2v) is 9.77. The van der Waals surface area contributed by atoms with Crippen molar-refractivity contribution >= 4 is 29.2 Å². The molecule has 0 spiro atoms. The summed E-state index contributed by atoms with van der Waals surface area (Å²) in [7, 11) is 1.47. The van der Waals surface area contributed by atoms with Gasteiger partial charge in [-0.25, -0.2) is 9.59 Å². The Labute approximate surface area is 223 Å². The van der Waals surface area contributed by atoms with E-state index in [4.69, 9.17) is 16.3 Å². The maximum Gasteiger partial charge on any atom is 0.328 e. The van der Waals surface area contributed by atoms with E-state index in [1.165, 1.54) is 17.9 Å². The van der Waals surface area contributed by atoms with Gasteiger partial charge in [-0.15, -0.1) is 0 Å². The first-order chi connectivity index (χ1) is 18.4. The van der Waals surface area contributed by atoms with Gasteiger partial charge in [0, 0.05) is 43.1 Å². The molecular formula is C27H28ClN5O5. The summed E-state index contributed by atoms with van der Waals surface area (Å²) < 4.78 is 6.41. The molecular weight excluding hydrogens is 510 g/mol. The lowest BCUT2D eigenvalue weighted by Gasteiger charge is -2.38. The van der Waals surface area contributed by atoms with Crippen LogP contribution in [0.25, 0.3) is 11.1 Å². The molecule has 2 aromatic carbocycles. The van der Waals surface area contributed by atoms with Crippen molar-refractivity contribution in [1.82, 2.24) is 19.4 Å². The quantitative estimate of drug-likeness (QED) is 0.519. The Balaban J connectivity index is 1.26. The van der Waals surface area contributed by atoms with E-state index in [1.54, 1.807) is 23.1 Å². The van der Waals surface area contributed by atoms with Gasteiger partial charge in [-0.3, -0.25) is 19.1 Å². The molecule has 0 unspecified atom stereocenters. The predicted molar refractivity (Wildman–Crippen MR) is 144 cm³/mol. The van der Waals surface area contributed by atoms with Gasteiger partial charge in [0.25, 0.3) is 5.56 Å². The van der Waals surface area contributed by atoms with E-state index >= 15 is 0 Å². The summed E-state index contributed by atoms with van der Waals surface area (Å²) in [6.45, 7) is 1.32. The van der Waals surface area contributed by atoms with Crippen LogP contribution in [0.5, 0.6) is 5.75 Å². The Kier molecular flexibility index (Phi) is 7.24. The molecule has 2 aliphatic rings. The van der Waals surface area contributed by atoms with Crippen molar-refractivity contribution in [2.24, 2.45) is 0 Å². The minimum atomic E-state index is -0.679. The van der Waals surface area contributed by atoms with Gasteiger partial charge in [0.1, 0.15) is 12.3 Å². The van der Waals surface area contributed by atoms with E-state index < -0.39 is 11.2 Å². The van der Waals surface area contributed by atoms with Crippen LogP contribution in [0.15, 0.2) is 58.3 Å². The smallest absolute Gasteiger partial charge is 0.328 e. The molecule has 11 heteroatoms. The third-order valence-corrected chi connectivity index (χ3v) is 7.58. The maximum atomic E-state index is 13.1. The second-order valence-electron chi connectivity index (χ2n) is 9.39. The van der Waals surface area contributed by atoms with Crippen molar-refractivity contribution < 1.29 is 14.3 Å². The number of rotatable bonds is 5. The first kappa shape index (κ1) is 25.6. The van der Waals surface area contributed by atoms with Gasteiger partial charge in [0.2, 0.25) is 5.91 Å². The number of carbonyl (C=O) groups excluding carboxylic acids is 2. The Morgan fingerprint density at radius 3 is 2.55 bits per heavy atom. The summed E-state index contributed by atoms with van der Waals surface area (Å²) >= 11 is 6.39. The number of halogens is 1. The van der Waals surface area contributed by atoms with E-state index in [2.05, 4.69) is 10.3 Å². The fourth-order valence-corrected chi connectivity index (χ4v) is 5.41. The number of amides is 3. The highest BCUT2D eigenvalue weighted by molar-refractivity contribution is 6.34. The van der Waals surface area contributed by atoms with Crippen molar-refractivity contribution in [3.05, 3.63) is 80.1 Å². The summed E-state index contributed by atoms with van der Waals surface area (Å²) in [6.07, 6.45) is 3.40. The summed E-state index contributed by atoms with van der Waals surface area (Å²) in [6, 6.07) is 12.7. The molecule has 0 atom stereocenters. The second kappa shape index (κ2) is 10.7. The van der Waals surface area contributed by atoms with E-state index in [9.17, 15) is 19.2 Å². The molecule has 3 aromatic rings. The molecule has 2 N–H and O–H groups in total. The zero-order valence-electron chi connectivity index (χ0n) is 20.9. The van der Waals surface area contributed by atoms with Gasteiger partial charge in [-0.1, -0.05) is 41.9 Å². The first-order valence-electron chi connectivity index (χ1n) is 12.5. The summed E-state index contributed by atoms with van der Waals surface area (Å²) in [4.78, 5) is 56.8. The van der Waals surface area contributed by atoms with E-state index in [1.807, 2.05) is 29.2 Å². The average Bonchev–Trinajstić information content (AvgIpc) is 3.08. The Bertz CT molecular complexity index is 1490. The zero-order valence-corrected chi connectivity index (χ0v) is 21.7. The minimum absolute atomic E-state index is 0.0194. The number of urea groups is 1. The molecule has 10 nitrogen and oxygen atoms in total. The van der Waals surface area contributed by atoms with Gasteiger partial charge < -0.3 is 19.9 Å². The lowest BCUT2D eigenvalue weighted by molar-refractivity contribution is -0.133. The molecule has 1 aromatic heterocycles. The van der Waals surface area contributed by atoms with Crippen LogP contribution in [-0.2, 0) is 17.8 Å². The number of anilines is 1. The molecule has 5 rings (SSSR count). The number of nitrogens with zero attached hydrogens (tertiary/aromatic N) is 3. The number of benzene rings is 2. The van der Waals surface area contributed by atoms with Crippen LogP contribution in [0.2, 0.25) is 5.02 Å². The number of H-pyrrole nitrogens is 1. The summed E-state index contributed by atoms with van der Waals surface area (Å²) in [5, 5.41) is 3.24. The maximum absolute atomic E-state index is 13.1. The number of ether oxygens (including phenoxy) is 1. The number of hydrogen-bond donors (Lipinski definition) is 2. The average molecular weight is 538 g/mol. The van der Waals surface area contributed by atoms with Crippen LogP contribution < -0.4 is 21.3 Å². The third-order valence-electron chi connectivity index (χ3n) is 7.19. The number of hydrogen-bond acceptors (Lipinski definition) is 5. The largest absolute Gasteiger partial charge is 0.495 e. The van der Waals surface area contributed by atoms with Gasteiger partial charge in [-0.05, 0) is 37.0 Å². The highest BCUT2D eigenvalue weighted by Gasteiger charge is 2.31. The van der Waals surface area contributed by atoms with Crippen LogP contribution >= 0.6 is 11.6 Å². The summed E-state index contributed by atoms with van der Waals surface area (Å²) in [5.74, 6) is 0.148. The fourth-order valence-electron chi connectivity index (χ4n) is 5.11. The molecule has 0 bridgehead atoms. The van der Waals surface area contributed by atoms with Crippen LogP contribution in [0.1, 0.15) is 18.4 Å². The highest BCUT2D eigenvalue weighted by atomic mass is 35.5. The van der Waals surface area contributed by atoms with Crippen molar-refractivity contribution in [3.8, 4) is 16.9 Å². The standard InChI is InChI=1S/C27H28ClN5O5/c1-38-22-8-4-6-19(24(22)28)20-15-32(26(36)30-25(20)35)16-23(34)31-12-10-18(11-13-31)33-14-9-17-5-2-3-7-21(17)29-27(33)37/h2-8,15,18H,9-14,16H2,1H3,(H,29,37)(H,30,35,36). The van der Waals surface area contributed by atoms with Crippen molar-refractivity contribution in [3.63, 3.8) is 0 Å². The number of aromatic nitrogens is 2. The van der Waals surface area contributed by atoms with E-state index in [0.29, 0.717) is 43.8 Å². The molecule has 2 aliphatic heterocycles. The van der Waals surface area contributed by atoms with Crippen LogP contribution in [0.3, 0.4) is 0 Å². The SMILES string of the molecule is COc1cccc(-c2cn(CC(=O)N3CCC(N4CCc5ccccc5NC4=O)CC3)c(=O)[nH]c2=O)c1Cl. The van der Waals surface area contributed by atoms with E-state index in [0.717, 1.165) is 17.7 Å². The molecule has 3 amide bonds. The molecule has 38 heavy (non-hydrogen) atoms. The Hall–Kier alpha value is -4.05. The monoisotopic (exact) mass is 537 g/mol. The van der Waals surface area contributed by atoms with Crippen LogP contribution in [0, 0.1) is 0 Å². The molecule has 1 saturated heterocycles. The lowest BCUT2D eigenvalue weighted by atomic mass is 10.0. The number of para-hydroxylation sites is 1. The topological polar surface area (TPSA) is 117 Å². The Morgan fingerprint density at radius 1 is 1.03 bits per heavy atom. The molecule has 198 valence electrons. The number of likely N-dealkylation sites (tertiary alicyclic amines) is 1. The number of aromatic amines is 1. The van der Waals surface area contributed by atoms with Gasteiger partial charge in [0.15, 0.2) is 0 Å². The van der Waals surface area contributed by atoms with Gasteiger partial charge in [0.05, 0.1) is 17.7 Å². The molecule has 0 saturated carbocycles. The highest BCUT2D eigenvalue weighted by Crippen LogP contribution is 2.33. The molecule has 0 aliphatic carbocycles. The van der Waals surface area contributed by atoms with Gasteiger partial charge >= 0.3 is 11.7 Å². The fraction of sp³-hybridized carbons (Fsp3) is 0.333. The predicted octanol–water partition coefficient (Wildman–Crippen LogP) is 2.95. The minimum Gasteiger partial charge on any atom is -0.495 e. The lowest BCUT2D eigenvalue weighted by Crippen LogP contribution is -2.50. The number of methoxy groups -OCH3 is 1. The van der Waals surface area contributed by atoms with E-state index in [-0.39, 0.29) is 35.1 Å². The van der Waals surface area contributed by atoms with Crippen LogP contribution in [-0.4, -0.2) is 64.1 Å². The van der Waals surface area contributed by atoms with Crippen LogP contribution in [0.4, 0.5) is 10.5 Å². The number of piperidine rings is 1.